The Hall–Kier alpha value is -1.46. The number of rotatable bonds is 3. The summed E-state index contributed by atoms with van der Waals surface area (Å²) in [5.74, 6) is 0.343. The molecule has 1 aliphatic heterocycles. The molecule has 1 saturated carbocycles. The number of methoxy groups -OCH3 is 1. The van der Waals surface area contributed by atoms with Crippen LogP contribution in [0, 0.1) is 11.8 Å². The van der Waals surface area contributed by atoms with Crippen LogP contribution in [-0.4, -0.2) is 41.5 Å². The predicted octanol–water partition coefficient (Wildman–Crippen LogP) is 2.55. The molecule has 132 valence electrons. The van der Waals surface area contributed by atoms with Crippen LogP contribution < -0.4 is 5.73 Å². The molecule has 2 aliphatic rings. The number of nitrogens with zero attached hydrogens (tertiary/aromatic N) is 2. The zero-order chi connectivity index (χ0) is 17.5. The van der Waals surface area contributed by atoms with Crippen LogP contribution in [0.15, 0.2) is 18.3 Å². The third-order valence-electron chi connectivity index (χ3n) is 5.95. The number of hydrogen-bond donors (Lipinski definition) is 1. The van der Waals surface area contributed by atoms with E-state index in [2.05, 4.69) is 30.7 Å². The van der Waals surface area contributed by atoms with E-state index in [1.165, 1.54) is 6.42 Å². The van der Waals surface area contributed by atoms with Gasteiger partial charge in [-0.1, -0.05) is 6.42 Å². The van der Waals surface area contributed by atoms with Crippen molar-refractivity contribution in [3.63, 3.8) is 0 Å². The Bertz CT molecular complexity index is 609. The smallest absolute Gasteiger partial charge is 0.267 e. The fourth-order valence-corrected chi connectivity index (χ4v) is 4.71. The lowest BCUT2D eigenvalue weighted by Gasteiger charge is -2.57. The first-order valence-corrected chi connectivity index (χ1v) is 8.85. The number of amides is 1. The average molecular weight is 331 g/mol. The third kappa shape index (κ3) is 2.74. The lowest BCUT2D eigenvalue weighted by atomic mass is 9.62. The molecule has 2 fully saturated rings. The Labute approximate surface area is 144 Å². The van der Waals surface area contributed by atoms with Crippen LogP contribution in [0.2, 0.25) is 0 Å². The van der Waals surface area contributed by atoms with Gasteiger partial charge in [0.05, 0.1) is 0 Å². The number of fused-ring (bicyclic) bond motifs is 2. The molecule has 0 aromatic carbocycles. The molecule has 3 atom stereocenters. The number of carbonyl (C=O) groups is 1. The number of piperidine rings is 1. The second kappa shape index (κ2) is 6.12. The minimum atomic E-state index is -0.486. The summed E-state index contributed by atoms with van der Waals surface area (Å²) in [7, 11) is 1.81. The van der Waals surface area contributed by atoms with Crippen molar-refractivity contribution in [1.82, 2.24) is 9.88 Å². The van der Waals surface area contributed by atoms with E-state index in [0.717, 1.165) is 31.5 Å². The highest BCUT2D eigenvalue weighted by molar-refractivity contribution is 5.90. The number of aromatic nitrogens is 1. The molecule has 0 radical (unpaired) electrons. The Balaban J connectivity index is 2.03. The lowest BCUT2D eigenvalue weighted by Crippen LogP contribution is -2.62. The van der Waals surface area contributed by atoms with Crippen LogP contribution in [0.5, 0.6) is 0 Å². The Morgan fingerprint density at radius 2 is 1.96 bits per heavy atom. The highest BCUT2D eigenvalue weighted by atomic mass is 16.5. The molecule has 1 aromatic heterocycles. The zero-order valence-corrected chi connectivity index (χ0v) is 15.2. The average Bonchev–Trinajstić information content (AvgIpc) is 2.52. The predicted molar refractivity (Wildman–Crippen MR) is 93.6 cm³/mol. The van der Waals surface area contributed by atoms with Gasteiger partial charge >= 0.3 is 0 Å². The molecule has 1 amide bonds. The first-order chi connectivity index (χ1) is 11.3. The van der Waals surface area contributed by atoms with E-state index < -0.39 is 5.91 Å². The number of ether oxygens (including phenoxy) is 1. The molecule has 24 heavy (non-hydrogen) atoms. The molecule has 1 aliphatic carbocycles. The Kier molecular flexibility index (Phi) is 4.43. The molecule has 0 unspecified atom stereocenters. The van der Waals surface area contributed by atoms with E-state index in [-0.39, 0.29) is 11.1 Å². The zero-order valence-electron chi connectivity index (χ0n) is 15.2. The second-order valence-corrected chi connectivity index (χ2v) is 8.19. The number of hydrogen-bond acceptors (Lipinski definition) is 4. The third-order valence-corrected chi connectivity index (χ3v) is 5.95. The first-order valence-electron chi connectivity index (χ1n) is 8.85. The molecular weight excluding hydrogens is 302 g/mol. The van der Waals surface area contributed by atoms with Crippen molar-refractivity contribution in [3.05, 3.63) is 29.6 Å². The van der Waals surface area contributed by atoms with Crippen LogP contribution >= 0.6 is 0 Å². The fourth-order valence-electron chi connectivity index (χ4n) is 4.71. The normalized spacial score (nSPS) is 31.0. The van der Waals surface area contributed by atoms with E-state index in [4.69, 9.17) is 10.5 Å². The van der Waals surface area contributed by atoms with Gasteiger partial charge in [0, 0.05) is 43.8 Å². The molecule has 3 rings (SSSR count). The van der Waals surface area contributed by atoms with E-state index in [1.54, 1.807) is 6.20 Å². The molecule has 5 nitrogen and oxygen atoms in total. The minimum Gasteiger partial charge on any atom is -0.373 e. The van der Waals surface area contributed by atoms with Crippen molar-refractivity contribution in [2.24, 2.45) is 17.6 Å². The van der Waals surface area contributed by atoms with E-state index in [1.807, 2.05) is 19.2 Å². The van der Waals surface area contributed by atoms with Gasteiger partial charge in [0.2, 0.25) is 0 Å². The van der Waals surface area contributed by atoms with Gasteiger partial charge in [-0.3, -0.25) is 14.7 Å². The van der Waals surface area contributed by atoms with Crippen LogP contribution in [-0.2, 0) is 10.3 Å². The van der Waals surface area contributed by atoms with Gasteiger partial charge < -0.3 is 10.5 Å². The van der Waals surface area contributed by atoms with Gasteiger partial charge in [0.1, 0.15) is 11.3 Å². The molecule has 2 bridgehead atoms. The second-order valence-electron chi connectivity index (χ2n) is 8.19. The summed E-state index contributed by atoms with van der Waals surface area (Å²) >= 11 is 0. The van der Waals surface area contributed by atoms with E-state index in [9.17, 15) is 4.79 Å². The maximum atomic E-state index is 11.6. The van der Waals surface area contributed by atoms with Gasteiger partial charge in [-0.15, -0.1) is 0 Å². The molecular formula is C19H29N3O2. The van der Waals surface area contributed by atoms with Crippen molar-refractivity contribution in [2.75, 3.05) is 20.2 Å². The maximum Gasteiger partial charge on any atom is 0.267 e. The summed E-state index contributed by atoms with van der Waals surface area (Å²) in [6, 6.07) is 3.83. The Morgan fingerprint density at radius 1 is 1.33 bits per heavy atom. The standard InChI is InChI=1S/C19H29N3O2/c1-18(2,3)22-11-14-6-5-7-15(12-22)19(14,24-4)13-8-9-21-16(10-13)17(20)23/h8-10,14-15H,5-7,11-12H2,1-4H3,(H2,20,23)/t14-,15+,19+. The number of nitrogens with two attached hydrogens (primary N) is 1. The molecule has 0 spiro atoms. The van der Waals surface area contributed by atoms with Gasteiger partial charge in [-0.05, 0) is 51.3 Å². The van der Waals surface area contributed by atoms with Gasteiger partial charge in [-0.25, -0.2) is 0 Å². The van der Waals surface area contributed by atoms with Gasteiger partial charge in [-0.2, -0.15) is 0 Å². The van der Waals surface area contributed by atoms with Gasteiger partial charge in [0.25, 0.3) is 5.91 Å². The van der Waals surface area contributed by atoms with E-state index >= 15 is 0 Å². The number of pyridine rings is 1. The molecule has 5 heteroatoms. The number of carbonyl (C=O) groups excluding carboxylic acids is 1. The van der Waals surface area contributed by atoms with Crippen LogP contribution in [0.1, 0.15) is 56.1 Å². The largest absolute Gasteiger partial charge is 0.373 e. The molecule has 2 heterocycles. The summed E-state index contributed by atoms with van der Waals surface area (Å²) in [5.41, 5.74) is 6.63. The topological polar surface area (TPSA) is 68.5 Å². The number of likely N-dealkylation sites (tertiary alicyclic amines) is 1. The fraction of sp³-hybridized carbons (Fsp3) is 0.684. The van der Waals surface area contributed by atoms with Crippen molar-refractivity contribution in [2.45, 2.75) is 51.2 Å². The van der Waals surface area contributed by atoms with Crippen LogP contribution in [0.4, 0.5) is 0 Å². The highest BCUT2D eigenvalue weighted by Crippen LogP contribution is 2.52. The summed E-state index contributed by atoms with van der Waals surface area (Å²) in [6.45, 7) is 8.87. The quantitative estimate of drug-likeness (QED) is 0.924. The van der Waals surface area contributed by atoms with Crippen molar-refractivity contribution >= 4 is 5.91 Å². The molecule has 1 aromatic rings. The van der Waals surface area contributed by atoms with Crippen molar-refractivity contribution in [1.29, 1.82) is 0 Å². The highest BCUT2D eigenvalue weighted by Gasteiger charge is 2.54. The van der Waals surface area contributed by atoms with Crippen molar-refractivity contribution < 1.29 is 9.53 Å². The van der Waals surface area contributed by atoms with Gasteiger partial charge in [0.15, 0.2) is 0 Å². The summed E-state index contributed by atoms with van der Waals surface area (Å²) in [6.07, 6.45) is 5.21. The van der Waals surface area contributed by atoms with Crippen molar-refractivity contribution in [3.8, 4) is 0 Å². The van der Waals surface area contributed by atoms with Crippen LogP contribution in [0.3, 0.4) is 0 Å². The molecule has 2 N–H and O–H groups in total. The summed E-state index contributed by atoms with van der Waals surface area (Å²) < 4.78 is 6.22. The van der Waals surface area contributed by atoms with Crippen LogP contribution in [0.25, 0.3) is 0 Å². The lowest BCUT2D eigenvalue weighted by molar-refractivity contribution is -0.179. The maximum absolute atomic E-state index is 11.6. The minimum absolute atomic E-state index is 0.157. The summed E-state index contributed by atoms with van der Waals surface area (Å²) in [4.78, 5) is 18.3. The molecule has 1 saturated heterocycles. The number of primary amides is 1. The monoisotopic (exact) mass is 331 g/mol. The first kappa shape index (κ1) is 17.4. The van der Waals surface area contributed by atoms with E-state index in [0.29, 0.717) is 17.5 Å². The summed E-state index contributed by atoms with van der Waals surface area (Å²) in [5, 5.41) is 0. The Morgan fingerprint density at radius 3 is 2.46 bits per heavy atom. The SMILES string of the molecule is CO[C@@]1(c2ccnc(C(N)=O)c2)[C@@H]2CCC[C@H]1CN(C(C)(C)C)C2.